The van der Waals surface area contributed by atoms with Crippen molar-refractivity contribution in [2.24, 2.45) is 5.16 Å². The maximum atomic E-state index is 12.5. The number of nitrogens with zero attached hydrogens (tertiary/aromatic N) is 1. The van der Waals surface area contributed by atoms with Gasteiger partial charge in [0.1, 0.15) is 6.10 Å². The minimum atomic E-state index is -4.32. The molecule has 0 radical (unpaired) electrons. The van der Waals surface area contributed by atoms with Crippen molar-refractivity contribution in [3.05, 3.63) is 69.2 Å². The molecular weight excluding hydrogens is 388 g/mol. The van der Waals surface area contributed by atoms with Crippen molar-refractivity contribution in [3.8, 4) is 0 Å². The molecule has 0 saturated heterocycles. The number of hydrogen-bond donors (Lipinski definition) is 1. The highest BCUT2D eigenvalue weighted by molar-refractivity contribution is 6.42. The van der Waals surface area contributed by atoms with Gasteiger partial charge in [0.15, 0.2) is 0 Å². The SMILES string of the molecule is FC(F)(F)c1ccc(CNC[C@H]2CC(c3ccc(Cl)c(Cl)c3)=NO2)cc1. The van der Waals surface area contributed by atoms with Crippen LogP contribution in [0.5, 0.6) is 0 Å². The van der Waals surface area contributed by atoms with Crippen molar-refractivity contribution in [1.82, 2.24) is 5.32 Å². The van der Waals surface area contributed by atoms with Crippen molar-refractivity contribution in [2.45, 2.75) is 25.2 Å². The Morgan fingerprint density at radius 2 is 1.81 bits per heavy atom. The van der Waals surface area contributed by atoms with Crippen LogP contribution in [-0.2, 0) is 17.6 Å². The van der Waals surface area contributed by atoms with Crippen molar-refractivity contribution in [3.63, 3.8) is 0 Å². The van der Waals surface area contributed by atoms with Crippen LogP contribution in [-0.4, -0.2) is 18.4 Å². The Morgan fingerprint density at radius 3 is 2.46 bits per heavy atom. The lowest BCUT2D eigenvalue weighted by molar-refractivity contribution is -0.137. The third-order valence-electron chi connectivity index (χ3n) is 3.97. The van der Waals surface area contributed by atoms with Gasteiger partial charge in [0.2, 0.25) is 0 Å². The quantitative estimate of drug-likeness (QED) is 0.736. The number of oxime groups is 1. The van der Waals surface area contributed by atoms with Crippen LogP contribution >= 0.6 is 23.2 Å². The fourth-order valence-corrected chi connectivity index (χ4v) is 2.87. The molecule has 0 fully saturated rings. The van der Waals surface area contributed by atoms with Gasteiger partial charge in [-0.3, -0.25) is 0 Å². The largest absolute Gasteiger partial charge is 0.416 e. The second kappa shape index (κ2) is 7.86. The van der Waals surface area contributed by atoms with Gasteiger partial charge in [-0.2, -0.15) is 13.2 Å². The van der Waals surface area contributed by atoms with Gasteiger partial charge in [-0.15, -0.1) is 0 Å². The van der Waals surface area contributed by atoms with E-state index in [2.05, 4.69) is 10.5 Å². The standard InChI is InChI=1S/C18H15Cl2F3N2O/c19-15-6-3-12(7-16(15)20)17-8-14(26-25-17)10-24-9-11-1-4-13(5-2-11)18(21,22)23/h1-7,14,24H,8-10H2/t14-/m1/s1. The summed E-state index contributed by atoms with van der Waals surface area (Å²) in [5.74, 6) is 0. The number of alkyl halides is 3. The monoisotopic (exact) mass is 402 g/mol. The predicted molar refractivity (Wildman–Crippen MR) is 95.6 cm³/mol. The summed E-state index contributed by atoms with van der Waals surface area (Å²) in [7, 11) is 0. The van der Waals surface area contributed by atoms with Gasteiger partial charge in [0.25, 0.3) is 0 Å². The molecule has 1 aliphatic heterocycles. The highest BCUT2D eigenvalue weighted by Gasteiger charge is 2.30. The molecule has 2 aromatic carbocycles. The average Bonchev–Trinajstić information content (AvgIpc) is 3.06. The maximum Gasteiger partial charge on any atom is 0.416 e. The van der Waals surface area contributed by atoms with E-state index in [9.17, 15) is 13.2 Å². The molecular formula is C18H15Cl2F3N2O. The summed E-state index contributed by atoms with van der Waals surface area (Å²) in [4.78, 5) is 5.39. The summed E-state index contributed by atoms with van der Waals surface area (Å²) >= 11 is 11.9. The first-order valence-electron chi connectivity index (χ1n) is 7.88. The summed E-state index contributed by atoms with van der Waals surface area (Å²) in [5, 5.41) is 8.17. The van der Waals surface area contributed by atoms with E-state index in [0.717, 1.165) is 29.0 Å². The molecule has 0 amide bonds. The minimum absolute atomic E-state index is 0.145. The molecule has 0 aliphatic carbocycles. The molecule has 8 heteroatoms. The molecule has 0 saturated carbocycles. The minimum Gasteiger partial charge on any atom is -0.390 e. The summed E-state index contributed by atoms with van der Waals surface area (Å²) in [5.41, 5.74) is 1.75. The van der Waals surface area contributed by atoms with E-state index in [4.69, 9.17) is 28.0 Å². The van der Waals surface area contributed by atoms with Gasteiger partial charge < -0.3 is 10.2 Å². The van der Waals surface area contributed by atoms with Crippen LogP contribution in [0.4, 0.5) is 13.2 Å². The van der Waals surface area contributed by atoms with E-state index >= 15 is 0 Å². The second-order valence-electron chi connectivity index (χ2n) is 5.92. The van der Waals surface area contributed by atoms with Crippen LogP contribution in [0, 0.1) is 0 Å². The van der Waals surface area contributed by atoms with Gasteiger partial charge in [-0.05, 0) is 29.8 Å². The maximum absolute atomic E-state index is 12.5. The van der Waals surface area contributed by atoms with Crippen molar-refractivity contribution in [2.75, 3.05) is 6.54 Å². The molecule has 0 spiro atoms. The Kier molecular flexibility index (Phi) is 5.75. The van der Waals surface area contributed by atoms with Gasteiger partial charge in [-0.25, -0.2) is 0 Å². The topological polar surface area (TPSA) is 33.6 Å². The molecule has 1 heterocycles. The molecule has 1 aliphatic rings. The van der Waals surface area contributed by atoms with Crippen LogP contribution < -0.4 is 5.32 Å². The third-order valence-corrected chi connectivity index (χ3v) is 4.71. The summed E-state index contributed by atoms with van der Waals surface area (Å²) in [6.07, 6.45) is -3.85. The van der Waals surface area contributed by atoms with Gasteiger partial charge >= 0.3 is 6.18 Å². The lowest BCUT2D eigenvalue weighted by Crippen LogP contribution is -2.26. The molecule has 3 rings (SSSR count). The molecule has 2 aromatic rings. The molecule has 3 nitrogen and oxygen atoms in total. The zero-order chi connectivity index (χ0) is 18.7. The number of benzene rings is 2. The van der Waals surface area contributed by atoms with E-state index in [0.29, 0.717) is 29.6 Å². The van der Waals surface area contributed by atoms with Crippen LogP contribution in [0.25, 0.3) is 0 Å². The van der Waals surface area contributed by atoms with Crippen LogP contribution in [0.15, 0.2) is 47.6 Å². The number of hydrogen-bond acceptors (Lipinski definition) is 3. The van der Waals surface area contributed by atoms with Crippen molar-refractivity contribution < 1.29 is 18.0 Å². The summed E-state index contributed by atoms with van der Waals surface area (Å²) in [6, 6.07) is 10.4. The Hall–Kier alpha value is -1.76. The normalized spacial score (nSPS) is 17.1. The van der Waals surface area contributed by atoms with Crippen molar-refractivity contribution >= 4 is 28.9 Å². The molecule has 0 bridgehead atoms. The van der Waals surface area contributed by atoms with Gasteiger partial charge in [0, 0.05) is 25.1 Å². The van der Waals surface area contributed by atoms with E-state index < -0.39 is 11.7 Å². The van der Waals surface area contributed by atoms with Crippen LogP contribution in [0.3, 0.4) is 0 Å². The van der Waals surface area contributed by atoms with Gasteiger partial charge in [-0.1, -0.05) is 46.6 Å². The predicted octanol–water partition coefficient (Wildman–Crippen LogP) is 5.30. The highest BCUT2D eigenvalue weighted by Crippen LogP contribution is 2.29. The molecule has 138 valence electrons. The number of nitrogens with one attached hydrogen (secondary N) is 1. The first-order chi connectivity index (χ1) is 12.3. The van der Waals surface area contributed by atoms with E-state index in [1.54, 1.807) is 12.1 Å². The third kappa shape index (κ3) is 4.69. The second-order valence-corrected chi connectivity index (χ2v) is 6.74. The number of rotatable bonds is 5. The average molecular weight is 403 g/mol. The van der Waals surface area contributed by atoms with E-state index in [1.165, 1.54) is 12.1 Å². The highest BCUT2D eigenvalue weighted by atomic mass is 35.5. The Balaban J connectivity index is 1.47. The van der Waals surface area contributed by atoms with Crippen molar-refractivity contribution in [1.29, 1.82) is 0 Å². The Bertz CT molecular complexity index is 807. The molecule has 1 atom stereocenters. The fourth-order valence-electron chi connectivity index (χ4n) is 2.57. The summed E-state index contributed by atoms with van der Waals surface area (Å²) in [6.45, 7) is 0.968. The Morgan fingerprint density at radius 1 is 1.08 bits per heavy atom. The Labute approximate surface area is 158 Å². The van der Waals surface area contributed by atoms with Crippen LogP contribution in [0.1, 0.15) is 23.1 Å². The number of halogens is 5. The van der Waals surface area contributed by atoms with Gasteiger partial charge in [0.05, 0.1) is 21.3 Å². The first kappa shape index (κ1) is 19.0. The summed E-state index contributed by atoms with van der Waals surface area (Å²) < 4.78 is 37.6. The zero-order valence-corrected chi connectivity index (χ0v) is 15.0. The smallest absolute Gasteiger partial charge is 0.390 e. The first-order valence-corrected chi connectivity index (χ1v) is 8.63. The molecule has 26 heavy (non-hydrogen) atoms. The molecule has 0 aromatic heterocycles. The van der Waals surface area contributed by atoms with Crippen LogP contribution in [0.2, 0.25) is 10.0 Å². The van der Waals surface area contributed by atoms with E-state index in [-0.39, 0.29) is 6.10 Å². The lowest BCUT2D eigenvalue weighted by atomic mass is 10.0. The fraction of sp³-hybridized carbons (Fsp3) is 0.278. The zero-order valence-electron chi connectivity index (χ0n) is 13.5. The molecule has 0 unspecified atom stereocenters. The van der Waals surface area contributed by atoms with E-state index in [1.807, 2.05) is 6.07 Å². The molecule has 1 N–H and O–H groups in total. The lowest BCUT2D eigenvalue weighted by Gasteiger charge is -2.11.